The van der Waals surface area contributed by atoms with Crippen LogP contribution in [-0.2, 0) is 28.8 Å². The highest BCUT2D eigenvalue weighted by Crippen LogP contribution is 2.42. The number of halogens is 4. The molecule has 22 heteroatoms. The molecule has 0 amide bonds. The van der Waals surface area contributed by atoms with E-state index in [-0.39, 0.29) is 48.2 Å². The minimum atomic E-state index is -1.12. The normalized spacial score (nSPS) is 19.7. The van der Waals surface area contributed by atoms with Crippen LogP contribution in [0.15, 0.2) is 147 Å². The number of carbonyl (C=O) groups is 6. The largest absolute Gasteiger partial charge is 0.481 e. The number of carboxylic acids is 6. The summed E-state index contributed by atoms with van der Waals surface area (Å²) >= 11 is 14.5. The van der Waals surface area contributed by atoms with Gasteiger partial charge >= 0.3 is 35.8 Å². The van der Waals surface area contributed by atoms with E-state index in [1.807, 2.05) is 72.8 Å². The number of pyridine rings is 6. The molecule has 0 spiro atoms. The second kappa shape index (κ2) is 32.5. The summed E-state index contributed by atoms with van der Waals surface area (Å²) in [6.07, 6.45) is 25.6. The van der Waals surface area contributed by atoms with Gasteiger partial charge in [-0.2, -0.15) is 0 Å². The maximum atomic E-state index is 10.7. The van der Waals surface area contributed by atoms with E-state index in [0.717, 1.165) is 31.2 Å². The third-order valence-corrected chi connectivity index (χ3v) is 15.9. The van der Waals surface area contributed by atoms with Gasteiger partial charge in [-0.05, 0) is 157 Å². The van der Waals surface area contributed by atoms with Crippen molar-refractivity contribution in [1.29, 1.82) is 0 Å². The third kappa shape index (κ3) is 21.4. The number of alkyl halides is 2. The first-order valence-electron chi connectivity index (χ1n) is 23.1. The van der Waals surface area contributed by atoms with Gasteiger partial charge in [0.2, 0.25) is 0 Å². The minimum absolute atomic E-state index is 0.0223. The Balaban J connectivity index is 0.000000205. The summed E-state index contributed by atoms with van der Waals surface area (Å²) in [5, 5.41) is 52.5. The van der Waals surface area contributed by atoms with Gasteiger partial charge in [-0.15, -0.1) is 0 Å². The molecule has 2 atom stereocenters. The number of rotatable bonds is 13. The monoisotopic (exact) mass is 1290 g/mol. The van der Waals surface area contributed by atoms with Gasteiger partial charge in [0.1, 0.15) is 0 Å². The van der Waals surface area contributed by atoms with Gasteiger partial charge in [-0.25, -0.2) is 0 Å². The standard InChI is InChI=1S/C12H10Br2N2.2C12H9BrN2.2C9H12O6/c13-11(9-1-5-15-6-2-9)12(14)10-3-7-16-8-4-10;2*13-12(11-3-7-15-8-4-11)9-10-1-5-14-6-2-10;2*10-7(11)4-1-5(8(12)13)3-6(2-4)9(14)15/h1-8,11-12H;2*1-9H;2*4-6H,1-3H2,(H,10,11)(H,12,13)(H,14,15)/b;2*12-9-;;/t11-,12+;;;;. The molecule has 0 unspecified atom stereocenters. The Kier molecular flexibility index (Phi) is 26.4. The third-order valence-electron chi connectivity index (χ3n) is 11.7. The van der Waals surface area contributed by atoms with Gasteiger partial charge in [0, 0.05) is 83.3 Å². The molecule has 2 aliphatic carbocycles. The smallest absolute Gasteiger partial charge is 0.306 e. The van der Waals surface area contributed by atoms with E-state index >= 15 is 0 Å². The number of nitrogens with zero attached hydrogens (tertiary/aromatic N) is 6. The molecule has 2 fully saturated rings. The van der Waals surface area contributed by atoms with Crippen molar-refractivity contribution >= 4 is 121 Å². The van der Waals surface area contributed by atoms with Gasteiger partial charge in [0.05, 0.1) is 45.2 Å². The van der Waals surface area contributed by atoms with Gasteiger partial charge in [-0.1, -0.05) is 63.7 Å². The Labute approximate surface area is 471 Å². The quantitative estimate of drug-likeness (QED) is 0.0586. The molecule has 0 aliphatic heterocycles. The van der Waals surface area contributed by atoms with E-state index in [2.05, 4.69) is 106 Å². The van der Waals surface area contributed by atoms with Crippen LogP contribution in [-0.4, -0.2) is 96.4 Å². The summed E-state index contributed by atoms with van der Waals surface area (Å²) in [5.74, 6) is -11.9. The molecule has 6 N–H and O–H groups in total. The lowest BCUT2D eigenvalue weighted by molar-refractivity contribution is -0.156. The molecule has 18 nitrogen and oxygen atoms in total. The SMILES string of the molecule is Br/C(=C\c1ccncc1)c1ccncc1.Br/C(=C\c1ccncc1)c1ccncc1.Br[C@H](c1ccncc1)[C@@H](Br)c1ccncc1.O=C(O)C1CC(C(=O)O)CC(C(=O)O)C1.O=C(O)C1CC(C(=O)O)CC(C(=O)O)C1. The van der Waals surface area contributed by atoms with Gasteiger partial charge < -0.3 is 30.6 Å². The molecule has 6 aromatic heterocycles. The van der Waals surface area contributed by atoms with E-state index in [1.165, 1.54) is 11.1 Å². The summed E-state index contributed by atoms with van der Waals surface area (Å²) in [5.41, 5.74) is 6.87. The van der Waals surface area contributed by atoms with Crippen LogP contribution in [0, 0.1) is 35.5 Å². The van der Waals surface area contributed by atoms with Crippen molar-refractivity contribution < 1.29 is 59.4 Å². The van der Waals surface area contributed by atoms with Crippen LogP contribution in [0.4, 0.5) is 0 Å². The summed E-state index contributed by atoms with van der Waals surface area (Å²) in [6.45, 7) is 0. The van der Waals surface area contributed by atoms with Gasteiger partial charge in [0.25, 0.3) is 0 Å². The minimum Gasteiger partial charge on any atom is -0.481 e. The number of hydrogen-bond acceptors (Lipinski definition) is 12. The molecule has 398 valence electrons. The zero-order valence-corrected chi connectivity index (χ0v) is 46.5. The van der Waals surface area contributed by atoms with Crippen molar-refractivity contribution in [1.82, 2.24) is 29.9 Å². The van der Waals surface area contributed by atoms with Gasteiger partial charge in [0.15, 0.2) is 0 Å². The molecule has 6 heterocycles. The highest BCUT2D eigenvalue weighted by Gasteiger charge is 2.40. The first-order chi connectivity index (χ1) is 36.3. The van der Waals surface area contributed by atoms with E-state index in [9.17, 15) is 28.8 Å². The van der Waals surface area contributed by atoms with Crippen LogP contribution in [0.25, 0.3) is 21.1 Å². The summed E-state index contributed by atoms with van der Waals surface area (Å²) in [7, 11) is 0. The Morgan fingerprint density at radius 1 is 0.355 bits per heavy atom. The number of carboxylic acid groups (broad SMARTS) is 6. The van der Waals surface area contributed by atoms with E-state index in [0.29, 0.717) is 0 Å². The molecular weight excluding hydrogens is 1240 g/mol. The fourth-order valence-corrected chi connectivity index (χ4v) is 9.96. The van der Waals surface area contributed by atoms with Crippen LogP contribution >= 0.6 is 63.7 Å². The molecule has 2 aliphatic rings. The van der Waals surface area contributed by atoms with Crippen molar-refractivity contribution in [2.75, 3.05) is 0 Å². The maximum Gasteiger partial charge on any atom is 0.306 e. The average molecular weight is 1300 g/mol. The van der Waals surface area contributed by atoms with Crippen LogP contribution in [0.2, 0.25) is 0 Å². The Morgan fingerprint density at radius 2 is 0.539 bits per heavy atom. The molecule has 0 radical (unpaired) electrons. The predicted octanol–water partition coefficient (Wildman–Crippen LogP) is 11.3. The number of aromatic nitrogens is 6. The van der Waals surface area contributed by atoms with E-state index in [4.69, 9.17) is 30.6 Å². The van der Waals surface area contributed by atoms with Crippen LogP contribution in [0.3, 0.4) is 0 Å². The Bertz CT molecular complexity index is 2550. The highest BCUT2D eigenvalue weighted by atomic mass is 79.9. The first kappa shape index (κ1) is 61.7. The van der Waals surface area contributed by atoms with Crippen LogP contribution < -0.4 is 0 Å². The molecule has 2 saturated carbocycles. The van der Waals surface area contributed by atoms with E-state index < -0.39 is 71.3 Å². The lowest BCUT2D eigenvalue weighted by atomic mass is 9.75. The second-order valence-corrected chi connectivity index (χ2v) is 20.7. The molecule has 0 aromatic carbocycles. The van der Waals surface area contributed by atoms with Gasteiger partial charge in [-0.3, -0.25) is 58.7 Å². The average Bonchev–Trinajstić information content (AvgIpc) is 3.44. The summed E-state index contributed by atoms with van der Waals surface area (Å²) in [4.78, 5) is 88.6. The van der Waals surface area contributed by atoms with Crippen LogP contribution in [0.1, 0.15) is 81.6 Å². The number of aliphatic carboxylic acids is 6. The fraction of sp³-hybridized carbons (Fsp3) is 0.259. The predicted molar refractivity (Wildman–Crippen MR) is 297 cm³/mol. The Hall–Kier alpha value is -6.88. The molecule has 6 aromatic rings. The maximum absolute atomic E-state index is 10.7. The lowest BCUT2D eigenvalue weighted by Gasteiger charge is -2.28. The summed E-state index contributed by atoms with van der Waals surface area (Å²) < 4.78 is 2.08. The topological polar surface area (TPSA) is 301 Å². The fourth-order valence-electron chi connectivity index (χ4n) is 7.68. The van der Waals surface area contributed by atoms with Crippen LogP contribution in [0.5, 0.6) is 0 Å². The van der Waals surface area contributed by atoms with E-state index in [1.54, 1.807) is 74.4 Å². The first-order valence-corrected chi connectivity index (χ1v) is 26.6. The molecule has 0 saturated heterocycles. The second-order valence-electron chi connectivity index (χ2n) is 17.0. The number of hydrogen-bond donors (Lipinski definition) is 6. The zero-order valence-electron chi connectivity index (χ0n) is 40.2. The highest BCUT2D eigenvalue weighted by molar-refractivity contribution is 9.15. The Morgan fingerprint density at radius 3 is 0.737 bits per heavy atom. The molecule has 8 rings (SSSR count). The zero-order chi connectivity index (χ0) is 55.6. The van der Waals surface area contributed by atoms with Crippen molar-refractivity contribution in [2.45, 2.75) is 48.2 Å². The van der Waals surface area contributed by atoms with Crippen molar-refractivity contribution in [3.63, 3.8) is 0 Å². The van der Waals surface area contributed by atoms with Crippen molar-refractivity contribution in [3.05, 3.63) is 181 Å². The summed E-state index contributed by atoms with van der Waals surface area (Å²) in [6, 6.07) is 23.7. The molecule has 0 bridgehead atoms. The molecule has 76 heavy (non-hydrogen) atoms. The van der Waals surface area contributed by atoms with Crippen molar-refractivity contribution in [2.24, 2.45) is 35.5 Å². The lowest BCUT2D eigenvalue weighted by Crippen LogP contribution is -2.34. The molecular formula is C54H52Br4N6O12. The van der Waals surface area contributed by atoms with Crippen molar-refractivity contribution in [3.8, 4) is 0 Å².